The van der Waals surface area contributed by atoms with Crippen molar-refractivity contribution in [2.24, 2.45) is 0 Å². The van der Waals surface area contributed by atoms with E-state index >= 15 is 0 Å². The van der Waals surface area contributed by atoms with Gasteiger partial charge in [0.05, 0.1) is 11.4 Å². The van der Waals surface area contributed by atoms with E-state index in [-0.39, 0.29) is 0 Å². The zero-order valence-electron chi connectivity index (χ0n) is 22.7. The van der Waals surface area contributed by atoms with Crippen molar-refractivity contribution in [1.29, 1.82) is 0 Å². The average Bonchev–Trinajstić information content (AvgIpc) is 3.31. The summed E-state index contributed by atoms with van der Waals surface area (Å²) < 4.78 is 3.39. The molecule has 2 aromatic rings. The predicted octanol–water partition coefficient (Wildman–Crippen LogP) is 9.05. The van der Waals surface area contributed by atoms with Crippen molar-refractivity contribution in [2.45, 2.75) is 41.5 Å². The van der Waals surface area contributed by atoms with Crippen LogP contribution in [0.25, 0.3) is 48.7 Å². The summed E-state index contributed by atoms with van der Waals surface area (Å²) in [5, 5.41) is 1.03. The van der Waals surface area contributed by atoms with Crippen LogP contribution in [-0.4, -0.2) is 4.57 Å². The maximum absolute atomic E-state index is 4.33. The minimum absolute atomic E-state index is 1.02. The van der Waals surface area contributed by atoms with Gasteiger partial charge in [0.1, 0.15) is 0 Å². The second-order valence-electron chi connectivity index (χ2n) is 8.28. The van der Waals surface area contributed by atoms with Crippen LogP contribution in [0.2, 0.25) is 0 Å². The molecule has 0 N–H and O–H groups in total. The van der Waals surface area contributed by atoms with Crippen molar-refractivity contribution in [2.75, 3.05) is 0 Å². The molecule has 0 aliphatic heterocycles. The van der Waals surface area contributed by atoms with E-state index in [1.807, 2.05) is 52.0 Å². The summed E-state index contributed by atoms with van der Waals surface area (Å²) in [6.45, 7) is 29.1. The Balaban J connectivity index is 2.90. The van der Waals surface area contributed by atoms with Gasteiger partial charge in [0, 0.05) is 31.8 Å². The van der Waals surface area contributed by atoms with E-state index in [4.69, 9.17) is 0 Å². The molecule has 0 aliphatic rings. The van der Waals surface area contributed by atoms with Gasteiger partial charge in [0.15, 0.2) is 0 Å². The van der Waals surface area contributed by atoms with Crippen molar-refractivity contribution < 1.29 is 0 Å². The molecule has 0 saturated carbocycles. The van der Waals surface area contributed by atoms with Crippen LogP contribution in [0.3, 0.4) is 0 Å². The van der Waals surface area contributed by atoms with Crippen LogP contribution in [0.1, 0.15) is 67.6 Å². The Hall–Kier alpha value is -3.62. The molecule has 0 atom stereocenters. The molecule has 2 heteroatoms. The quantitative estimate of drug-likeness (QED) is 0.291. The molecule has 0 aliphatic carbocycles. The summed E-state index contributed by atoms with van der Waals surface area (Å²) in [4.78, 5) is 1.14. The molecule has 0 amide bonds. The largest absolute Gasteiger partial charge is 0.313 e. The highest BCUT2D eigenvalue weighted by Crippen LogP contribution is 2.33. The van der Waals surface area contributed by atoms with E-state index < -0.39 is 0 Å². The summed E-state index contributed by atoms with van der Waals surface area (Å²) in [5.74, 6) is 0. The Bertz CT molecular complexity index is 1440. The van der Waals surface area contributed by atoms with Crippen LogP contribution in [0.15, 0.2) is 73.4 Å². The fourth-order valence-corrected chi connectivity index (χ4v) is 5.33. The molecule has 0 saturated heterocycles. The van der Waals surface area contributed by atoms with E-state index in [0.29, 0.717) is 0 Å². The van der Waals surface area contributed by atoms with Crippen LogP contribution in [0.4, 0.5) is 0 Å². The average molecular weight is 494 g/mol. The maximum Gasteiger partial charge on any atom is 0.0531 e. The highest BCUT2D eigenvalue weighted by molar-refractivity contribution is 7.11. The van der Waals surface area contributed by atoms with E-state index in [1.54, 1.807) is 11.3 Å². The van der Waals surface area contributed by atoms with E-state index in [0.717, 1.165) is 54.0 Å². The zero-order chi connectivity index (χ0) is 26.8. The maximum atomic E-state index is 4.33. The number of hydrogen-bond acceptors (Lipinski definition) is 1. The van der Waals surface area contributed by atoms with E-state index in [1.165, 1.54) is 5.56 Å². The molecular formula is C34H39NS. The fourth-order valence-electron chi connectivity index (χ4n) is 4.33. The lowest BCUT2D eigenvalue weighted by Gasteiger charge is -2.16. The molecule has 0 unspecified atom stereocenters. The van der Waals surface area contributed by atoms with Gasteiger partial charge in [-0.3, -0.25) is 0 Å². The Morgan fingerprint density at radius 2 is 1.44 bits per heavy atom. The first-order valence-electron chi connectivity index (χ1n) is 12.2. The molecule has 2 aromatic heterocycles. The molecule has 0 spiro atoms. The SMILES string of the molecule is C=C/C(=C(\C=C/C)C(/C)=C/C=c1/sc(C=C)c(/C=C\C)c1=C)n1c(C)c(/C=C\C)c(/C=C\C)c1C=C. The smallest absolute Gasteiger partial charge is 0.0531 e. The van der Waals surface area contributed by atoms with Gasteiger partial charge in [-0.1, -0.05) is 87.1 Å². The van der Waals surface area contributed by atoms with Crippen LogP contribution in [0.5, 0.6) is 0 Å². The summed E-state index contributed by atoms with van der Waals surface area (Å²) in [6, 6.07) is 0. The van der Waals surface area contributed by atoms with Crippen LogP contribution >= 0.6 is 11.3 Å². The Labute approximate surface area is 221 Å². The molecule has 36 heavy (non-hydrogen) atoms. The molecule has 0 radical (unpaired) electrons. The third kappa shape index (κ3) is 5.78. The topological polar surface area (TPSA) is 4.93 Å². The van der Waals surface area contributed by atoms with Gasteiger partial charge >= 0.3 is 0 Å². The molecule has 2 rings (SSSR count). The Morgan fingerprint density at radius 3 is 1.97 bits per heavy atom. The van der Waals surface area contributed by atoms with E-state index in [9.17, 15) is 0 Å². The van der Waals surface area contributed by atoms with Gasteiger partial charge in [-0.25, -0.2) is 0 Å². The number of rotatable bonds is 10. The molecule has 1 nitrogen and oxygen atoms in total. The first-order chi connectivity index (χ1) is 17.3. The molecule has 186 valence electrons. The lowest BCUT2D eigenvalue weighted by Crippen LogP contribution is -2.17. The highest BCUT2D eigenvalue weighted by Gasteiger charge is 2.18. The molecule has 0 bridgehead atoms. The van der Waals surface area contributed by atoms with Crippen molar-refractivity contribution in [3.63, 3.8) is 0 Å². The lowest BCUT2D eigenvalue weighted by molar-refractivity contribution is 1.03. The molecule has 0 fully saturated rings. The highest BCUT2D eigenvalue weighted by atomic mass is 32.1. The van der Waals surface area contributed by atoms with Crippen molar-refractivity contribution in [3.8, 4) is 0 Å². The standard InChI is InChI=1S/C34H39NS/c1-11-18-27(24(8)22-23-34-25(9)28(19-12-2)33(17-7)36-34)31(15-5)35-26(10)29(20-13-3)30(21-14-4)32(35)16-6/h11-23H,5-7,9H2,1-4,8,10H3/b18-11-,19-12-,20-13-,21-14-,24-22+,31-27-,34-23+. The van der Waals surface area contributed by atoms with Crippen LogP contribution in [0, 0.1) is 6.92 Å². The third-order valence-corrected chi connectivity index (χ3v) is 7.18. The second-order valence-corrected chi connectivity index (χ2v) is 9.37. The number of aromatic nitrogens is 1. The minimum atomic E-state index is 1.02. The Kier molecular flexibility index (Phi) is 10.7. The third-order valence-electron chi connectivity index (χ3n) is 5.97. The van der Waals surface area contributed by atoms with Crippen LogP contribution in [-0.2, 0) is 0 Å². The molecule has 0 aromatic carbocycles. The van der Waals surface area contributed by atoms with Crippen molar-refractivity contribution >= 4 is 60.1 Å². The monoisotopic (exact) mass is 493 g/mol. The first-order valence-corrected chi connectivity index (χ1v) is 13.0. The van der Waals surface area contributed by atoms with E-state index in [2.05, 4.69) is 99.4 Å². The van der Waals surface area contributed by atoms with Crippen LogP contribution < -0.4 is 9.75 Å². The lowest BCUT2D eigenvalue weighted by atomic mass is 10.0. The van der Waals surface area contributed by atoms with Gasteiger partial charge in [0.25, 0.3) is 0 Å². The molecular weight excluding hydrogens is 454 g/mol. The van der Waals surface area contributed by atoms with Gasteiger partial charge in [-0.15, -0.1) is 11.3 Å². The van der Waals surface area contributed by atoms with Crippen molar-refractivity contribution in [3.05, 3.63) is 116 Å². The number of allylic oxidation sites excluding steroid dienone is 10. The predicted molar refractivity (Wildman–Crippen MR) is 169 cm³/mol. The zero-order valence-corrected chi connectivity index (χ0v) is 23.5. The summed E-state index contributed by atoms with van der Waals surface area (Å²) in [5.41, 5.74) is 8.93. The summed E-state index contributed by atoms with van der Waals surface area (Å²) in [6.07, 6.45) is 26.9. The normalized spacial score (nSPS) is 14.1. The summed E-state index contributed by atoms with van der Waals surface area (Å²) >= 11 is 1.71. The van der Waals surface area contributed by atoms with Gasteiger partial charge in [-0.05, 0) is 76.1 Å². The fraction of sp³-hybridized carbons (Fsp3) is 0.176. The minimum Gasteiger partial charge on any atom is -0.313 e. The van der Waals surface area contributed by atoms with Crippen molar-refractivity contribution in [1.82, 2.24) is 4.57 Å². The van der Waals surface area contributed by atoms with Gasteiger partial charge < -0.3 is 4.57 Å². The molecule has 2 heterocycles. The first kappa shape index (κ1) is 28.6. The number of nitrogens with zero attached hydrogens (tertiary/aromatic N) is 1. The van der Waals surface area contributed by atoms with Gasteiger partial charge in [-0.2, -0.15) is 0 Å². The Morgan fingerprint density at radius 1 is 0.833 bits per heavy atom. The number of thiophene rings is 1. The number of hydrogen-bond donors (Lipinski definition) is 0. The van der Waals surface area contributed by atoms with Gasteiger partial charge in [0.2, 0.25) is 0 Å². The summed E-state index contributed by atoms with van der Waals surface area (Å²) in [7, 11) is 0. The second kappa shape index (κ2) is 13.5.